The molecule has 0 radical (unpaired) electrons. The summed E-state index contributed by atoms with van der Waals surface area (Å²) in [7, 11) is 1.71. The summed E-state index contributed by atoms with van der Waals surface area (Å²) < 4.78 is 15.0. The van der Waals surface area contributed by atoms with Gasteiger partial charge in [-0.1, -0.05) is 59.8 Å². The van der Waals surface area contributed by atoms with Gasteiger partial charge in [0.15, 0.2) is 11.5 Å². The second-order valence-electron chi connectivity index (χ2n) is 9.07. The molecule has 1 aromatic heterocycles. The Kier molecular flexibility index (Phi) is 6.62. The van der Waals surface area contributed by atoms with Crippen LogP contribution in [0.3, 0.4) is 0 Å². The first-order chi connectivity index (χ1) is 16.7. The second kappa shape index (κ2) is 9.69. The molecule has 0 bridgehead atoms. The maximum absolute atomic E-state index is 10.2. The lowest BCUT2D eigenvalue weighted by Gasteiger charge is -2.41. The van der Waals surface area contributed by atoms with E-state index in [1.54, 1.807) is 7.11 Å². The number of fused-ring (bicyclic) bond motifs is 6. The number of nitrogens with zero attached hydrogens (tertiary/aromatic N) is 2. The quantitative estimate of drug-likeness (QED) is 0.329. The number of aromatic nitrogens is 1. The Morgan fingerprint density at radius 1 is 1.06 bits per heavy atom. The van der Waals surface area contributed by atoms with Crippen molar-refractivity contribution in [2.75, 3.05) is 13.7 Å². The zero-order valence-electron chi connectivity index (χ0n) is 19.1. The van der Waals surface area contributed by atoms with Gasteiger partial charge in [-0.25, -0.2) is 0 Å². The molecule has 1 atom stereocenters. The predicted octanol–water partition coefficient (Wildman–Crippen LogP) is 6.23. The van der Waals surface area contributed by atoms with Crippen LogP contribution >= 0.6 is 15.9 Å². The highest BCUT2D eigenvalue weighted by atomic mass is 79.9. The number of hydrogen-bond acceptors (Lipinski definition) is 4. The summed E-state index contributed by atoms with van der Waals surface area (Å²) in [6, 6.07) is 21.2. The van der Waals surface area contributed by atoms with Crippen LogP contribution in [-0.4, -0.2) is 28.2 Å². The zero-order chi connectivity index (χ0) is 23.2. The molecule has 0 saturated heterocycles. The Labute approximate surface area is 215 Å². The number of rotatable bonds is 5. The molecule has 0 amide bonds. The van der Waals surface area contributed by atoms with Crippen LogP contribution in [0.25, 0.3) is 10.9 Å². The van der Waals surface area contributed by atoms with Crippen molar-refractivity contribution in [1.29, 1.82) is 0 Å². The van der Waals surface area contributed by atoms with Gasteiger partial charge < -0.3 is 19.1 Å². The average molecular weight is 535 g/mol. The van der Waals surface area contributed by atoms with Crippen molar-refractivity contribution in [2.24, 2.45) is 0 Å². The summed E-state index contributed by atoms with van der Waals surface area (Å²) >= 11 is 3.59. The molecule has 5 nitrogen and oxygen atoms in total. The van der Waals surface area contributed by atoms with Crippen LogP contribution < -0.4 is 9.47 Å². The smallest absolute Gasteiger partial charge is 0.161 e. The molecule has 0 saturated carbocycles. The minimum atomic E-state index is -0.00663. The summed E-state index contributed by atoms with van der Waals surface area (Å²) in [5.41, 5.74) is 7.45. The van der Waals surface area contributed by atoms with Crippen LogP contribution in [0.5, 0.6) is 11.5 Å². The minimum Gasteiger partial charge on any atom is -0.493 e. The summed E-state index contributed by atoms with van der Waals surface area (Å²) in [4.78, 5) is 2.54. The Morgan fingerprint density at radius 3 is 2.66 bits per heavy atom. The molecule has 1 unspecified atom stereocenters. The second-order valence-corrected chi connectivity index (χ2v) is 9.99. The van der Waals surface area contributed by atoms with E-state index >= 15 is 0 Å². The van der Waals surface area contributed by atoms with E-state index in [-0.39, 0.29) is 20.2 Å². The standard InChI is InChI=1S/C28H27BrN2O3.CH4/c1-33-27-14-22-19(11-28(27)34-16-18-5-3-2-4-6-18)9-10-30-15-26-23(13-24(22)30)21-8-7-20(29)12-25(21)31(26)17-32;/h2-8,11-12,14,24,32H,9-10,13,15-17H2,1H3;1H4. The molecule has 2 aliphatic heterocycles. The van der Waals surface area contributed by atoms with Crippen molar-refractivity contribution in [1.82, 2.24) is 9.47 Å². The molecule has 3 aromatic carbocycles. The highest BCUT2D eigenvalue weighted by Gasteiger charge is 2.36. The maximum Gasteiger partial charge on any atom is 0.161 e. The largest absolute Gasteiger partial charge is 0.493 e. The monoisotopic (exact) mass is 534 g/mol. The number of halogens is 1. The lowest BCUT2D eigenvalue weighted by molar-refractivity contribution is 0.145. The Morgan fingerprint density at radius 2 is 1.89 bits per heavy atom. The normalized spacial score (nSPS) is 16.7. The fraction of sp³-hybridized carbons (Fsp3) is 0.310. The number of methoxy groups -OCH3 is 1. The van der Waals surface area contributed by atoms with Gasteiger partial charge in [-0.3, -0.25) is 4.90 Å². The van der Waals surface area contributed by atoms with Crippen molar-refractivity contribution in [2.45, 2.75) is 46.2 Å². The highest BCUT2D eigenvalue weighted by Crippen LogP contribution is 2.45. The van der Waals surface area contributed by atoms with Gasteiger partial charge in [0.1, 0.15) is 13.3 Å². The third kappa shape index (κ3) is 4.14. The number of hydrogen-bond donors (Lipinski definition) is 1. The highest BCUT2D eigenvalue weighted by molar-refractivity contribution is 9.10. The van der Waals surface area contributed by atoms with E-state index in [2.05, 4.69) is 67.9 Å². The molecule has 3 heterocycles. The summed E-state index contributed by atoms with van der Waals surface area (Å²) in [6.07, 6.45) is 1.89. The van der Waals surface area contributed by atoms with E-state index in [4.69, 9.17) is 9.47 Å². The fourth-order valence-corrected chi connectivity index (χ4v) is 5.95. The van der Waals surface area contributed by atoms with Gasteiger partial charge >= 0.3 is 0 Å². The first-order valence-electron chi connectivity index (χ1n) is 11.7. The van der Waals surface area contributed by atoms with Gasteiger partial charge in [-0.05, 0) is 59.4 Å². The van der Waals surface area contributed by atoms with E-state index in [9.17, 15) is 5.11 Å². The third-order valence-electron chi connectivity index (χ3n) is 7.27. The van der Waals surface area contributed by atoms with Crippen LogP contribution in [0, 0.1) is 0 Å². The molecule has 4 aromatic rings. The van der Waals surface area contributed by atoms with E-state index in [1.807, 2.05) is 18.2 Å². The molecule has 35 heavy (non-hydrogen) atoms. The van der Waals surface area contributed by atoms with Gasteiger partial charge in [0.05, 0.1) is 12.6 Å². The molecule has 2 aliphatic rings. The van der Waals surface area contributed by atoms with Crippen molar-refractivity contribution in [3.8, 4) is 11.5 Å². The maximum atomic E-state index is 10.2. The van der Waals surface area contributed by atoms with E-state index in [1.165, 1.54) is 27.8 Å². The minimum absolute atomic E-state index is 0. The topological polar surface area (TPSA) is 46.9 Å². The van der Waals surface area contributed by atoms with Gasteiger partial charge in [0.25, 0.3) is 0 Å². The fourth-order valence-electron chi connectivity index (χ4n) is 5.60. The Bertz CT molecular complexity index is 1370. The van der Waals surface area contributed by atoms with Crippen LogP contribution in [0.2, 0.25) is 0 Å². The molecule has 1 N–H and O–H groups in total. The number of ether oxygens (including phenoxy) is 2. The number of aliphatic hydroxyl groups excluding tert-OH is 1. The summed E-state index contributed by atoms with van der Waals surface area (Å²) in [5, 5.41) is 11.4. The Hall–Kier alpha value is -2.80. The zero-order valence-corrected chi connectivity index (χ0v) is 20.7. The van der Waals surface area contributed by atoms with Crippen LogP contribution in [-0.2, 0) is 32.7 Å². The molecular weight excluding hydrogens is 504 g/mol. The number of benzene rings is 3. The SMILES string of the molecule is C.COc1cc2c(cc1OCc1ccccc1)CCN1Cc3c(c4ccc(Br)cc4n3CO)CC21. The van der Waals surface area contributed by atoms with Crippen molar-refractivity contribution < 1.29 is 14.6 Å². The van der Waals surface area contributed by atoms with Crippen molar-refractivity contribution in [3.05, 3.63) is 93.1 Å². The molecule has 182 valence electrons. The summed E-state index contributed by atoms with van der Waals surface area (Å²) in [6.45, 7) is 2.33. The van der Waals surface area contributed by atoms with Gasteiger partial charge in [-0.2, -0.15) is 0 Å². The van der Waals surface area contributed by atoms with Crippen molar-refractivity contribution >= 4 is 26.8 Å². The van der Waals surface area contributed by atoms with Gasteiger partial charge in [-0.15, -0.1) is 0 Å². The number of aliphatic hydroxyl groups is 1. The van der Waals surface area contributed by atoms with Crippen molar-refractivity contribution in [3.63, 3.8) is 0 Å². The van der Waals surface area contributed by atoms with E-state index < -0.39 is 0 Å². The molecule has 6 rings (SSSR count). The summed E-state index contributed by atoms with van der Waals surface area (Å²) in [5.74, 6) is 1.58. The Balaban J connectivity index is 0.00000253. The first kappa shape index (κ1) is 23.9. The van der Waals surface area contributed by atoms with Crippen LogP contribution in [0.1, 0.15) is 41.4 Å². The van der Waals surface area contributed by atoms with E-state index in [0.29, 0.717) is 6.61 Å². The first-order valence-corrected chi connectivity index (χ1v) is 12.5. The molecule has 6 heteroatoms. The van der Waals surface area contributed by atoms with Gasteiger partial charge in [0.2, 0.25) is 0 Å². The lowest BCUT2D eigenvalue weighted by atomic mass is 9.85. The van der Waals surface area contributed by atoms with Gasteiger partial charge in [0, 0.05) is 34.7 Å². The van der Waals surface area contributed by atoms with Crippen LogP contribution in [0.4, 0.5) is 0 Å². The third-order valence-corrected chi connectivity index (χ3v) is 7.77. The average Bonchev–Trinajstić information content (AvgIpc) is 3.17. The molecular formula is C29H31BrN2O3. The lowest BCUT2D eigenvalue weighted by Crippen LogP contribution is -2.39. The molecule has 0 fully saturated rings. The molecule has 0 aliphatic carbocycles. The predicted molar refractivity (Wildman–Crippen MR) is 143 cm³/mol. The van der Waals surface area contributed by atoms with Crippen LogP contribution in [0.15, 0.2) is 65.1 Å². The molecule has 0 spiro atoms. The van der Waals surface area contributed by atoms with E-state index in [0.717, 1.165) is 53.0 Å².